The molecule has 0 saturated heterocycles. The molecule has 29 heavy (non-hydrogen) atoms. The Kier molecular flexibility index (Phi) is 8.05. The first-order chi connectivity index (χ1) is 13.5. The number of hydrogen-bond acceptors (Lipinski definition) is 4. The van der Waals surface area contributed by atoms with Crippen LogP contribution in [0.1, 0.15) is 31.9 Å². The Bertz CT molecular complexity index is 870. The summed E-state index contributed by atoms with van der Waals surface area (Å²) in [4.78, 5) is 26.8. The second-order valence-electron chi connectivity index (χ2n) is 7.06. The minimum Gasteiger partial charge on any atom is -0.447 e. The Morgan fingerprint density at radius 3 is 2.45 bits per heavy atom. The molecule has 2 amide bonds. The summed E-state index contributed by atoms with van der Waals surface area (Å²) >= 11 is 0. The fraction of sp³-hybridized carbons (Fsp3) is 0.364. The van der Waals surface area contributed by atoms with Gasteiger partial charge in [-0.1, -0.05) is 31.2 Å². The summed E-state index contributed by atoms with van der Waals surface area (Å²) in [5.41, 5.74) is 4.51. The van der Waals surface area contributed by atoms with Crippen molar-refractivity contribution in [3.05, 3.63) is 53.6 Å². The molecule has 3 rings (SSSR count). The molecule has 0 aromatic heterocycles. The highest BCUT2D eigenvalue weighted by Crippen LogP contribution is 2.37. The molecule has 1 aliphatic heterocycles. The molecule has 0 radical (unpaired) electrons. The van der Waals surface area contributed by atoms with Crippen molar-refractivity contribution in [2.24, 2.45) is 0 Å². The van der Waals surface area contributed by atoms with E-state index < -0.39 is 6.09 Å². The number of fused-ring (bicyclic) bond motifs is 2. The Balaban J connectivity index is 0.00000300. The summed E-state index contributed by atoms with van der Waals surface area (Å²) in [5, 5.41) is 5.87. The average molecular weight is 418 g/mol. The zero-order valence-electron chi connectivity index (χ0n) is 17.0. The lowest BCUT2D eigenvalue weighted by Crippen LogP contribution is -2.35. The molecule has 0 spiro atoms. The molecule has 0 aliphatic carbocycles. The average Bonchev–Trinajstić information content (AvgIpc) is 2.82. The van der Waals surface area contributed by atoms with Gasteiger partial charge in [0.1, 0.15) is 0 Å². The number of anilines is 3. The van der Waals surface area contributed by atoms with E-state index in [1.807, 2.05) is 43.3 Å². The molecule has 0 atom stereocenters. The Morgan fingerprint density at radius 2 is 1.76 bits per heavy atom. The summed E-state index contributed by atoms with van der Waals surface area (Å²) in [6.07, 6.45) is 0.977. The van der Waals surface area contributed by atoms with Gasteiger partial charge in [-0.2, -0.15) is 0 Å². The second kappa shape index (κ2) is 10.3. The number of halogens is 1. The van der Waals surface area contributed by atoms with Crippen LogP contribution in [0.15, 0.2) is 42.5 Å². The fourth-order valence-corrected chi connectivity index (χ4v) is 3.34. The van der Waals surface area contributed by atoms with E-state index in [1.165, 1.54) is 0 Å². The molecule has 0 saturated carbocycles. The van der Waals surface area contributed by atoms with Gasteiger partial charge >= 0.3 is 6.09 Å². The number of likely N-dealkylation sites (N-methyl/N-ethyl adjacent to an activating group) is 1. The van der Waals surface area contributed by atoms with Crippen LogP contribution in [0.3, 0.4) is 0 Å². The van der Waals surface area contributed by atoms with Crippen molar-refractivity contribution < 1.29 is 14.3 Å². The first kappa shape index (κ1) is 22.7. The van der Waals surface area contributed by atoms with Gasteiger partial charge in [0.15, 0.2) is 0 Å². The normalized spacial score (nSPS) is 12.3. The van der Waals surface area contributed by atoms with Crippen LogP contribution in [-0.4, -0.2) is 31.2 Å². The highest BCUT2D eigenvalue weighted by molar-refractivity contribution is 6.04. The van der Waals surface area contributed by atoms with E-state index in [1.54, 1.807) is 18.7 Å². The number of carbonyl (C=O) groups excluding carboxylic acids is 2. The van der Waals surface area contributed by atoms with Crippen LogP contribution in [0.5, 0.6) is 0 Å². The Hall–Kier alpha value is -2.57. The van der Waals surface area contributed by atoms with Crippen molar-refractivity contribution in [2.75, 3.05) is 23.3 Å². The fourth-order valence-electron chi connectivity index (χ4n) is 3.34. The molecule has 1 heterocycles. The van der Waals surface area contributed by atoms with Crippen LogP contribution in [0.4, 0.5) is 21.9 Å². The van der Waals surface area contributed by atoms with Crippen LogP contribution >= 0.6 is 12.4 Å². The minimum atomic E-state index is -0.505. The Morgan fingerprint density at radius 1 is 1.07 bits per heavy atom. The van der Waals surface area contributed by atoms with Crippen molar-refractivity contribution in [3.63, 3.8) is 0 Å². The van der Waals surface area contributed by atoms with Crippen LogP contribution in [0.2, 0.25) is 0 Å². The molecule has 2 N–H and O–H groups in total. The van der Waals surface area contributed by atoms with E-state index in [2.05, 4.69) is 16.7 Å². The third-order valence-corrected chi connectivity index (χ3v) is 4.59. The molecule has 2 aromatic rings. The lowest BCUT2D eigenvalue weighted by atomic mass is 10.0. The second-order valence-corrected chi connectivity index (χ2v) is 7.06. The largest absolute Gasteiger partial charge is 0.447 e. The van der Waals surface area contributed by atoms with Gasteiger partial charge in [-0.25, -0.2) is 4.79 Å². The maximum Gasteiger partial charge on any atom is 0.411 e. The molecule has 2 aromatic carbocycles. The van der Waals surface area contributed by atoms with Crippen LogP contribution < -0.4 is 15.5 Å². The standard InChI is InChI=1S/C22H27N3O3.ClH/c1-4-23-14-21(26)25-19-8-6-5-7-16(19)9-10-17-11-12-18(13-20(17)25)24-22(27)28-15(2)3;/h5-8,11-13,15,23H,4,9-10,14H2,1-3H3,(H,24,27);1H. The molecule has 156 valence electrons. The van der Waals surface area contributed by atoms with Gasteiger partial charge in [-0.15, -0.1) is 12.4 Å². The van der Waals surface area contributed by atoms with Crippen molar-refractivity contribution in [2.45, 2.75) is 39.7 Å². The van der Waals surface area contributed by atoms with E-state index >= 15 is 0 Å². The van der Waals surface area contributed by atoms with Gasteiger partial charge in [0.25, 0.3) is 0 Å². The zero-order valence-corrected chi connectivity index (χ0v) is 17.8. The van der Waals surface area contributed by atoms with Gasteiger partial charge < -0.3 is 10.1 Å². The van der Waals surface area contributed by atoms with Gasteiger partial charge in [0.2, 0.25) is 5.91 Å². The van der Waals surface area contributed by atoms with E-state index in [4.69, 9.17) is 4.74 Å². The van der Waals surface area contributed by atoms with Crippen LogP contribution in [0, 0.1) is 0 Å². The molecular weight excluding hydrogens is 390 g/mol. The van der Waals surface area contributed by atoms with Crippen molar-refractivity contribution >= 4 is 41.5 Å². The molecule has 0 fully saturated rings. The van der Waals surface area contributed by atoms with Crippen molar-refractivity contribution in [1.82, 2.24) is 5.32 Å². The number of amides is 2. The summed E-state index contributed by atoms with van der Waals surface area (Å²) in [6.45, 7) is 6.54. The number of para-hydroxylation sites is 1. The summed E-state index contributed by atoms with van der Waals surface area (Å²) in [6, 6.07) is 13.7. The summed E-state index contributed by atoms with van der Waals surface area (Å²) < 4.78 is 5.17. The summed E-state index contributed by atoms with van der Waals surface area (Å²) in [7, 11) is 0. The third-order valence-electron chi connectivity index (χ3n) is 4.59. The number of nitrogens with zero attached hydrogens (tertiary/aromatic N) is 1. The molecular formula is C22H28ClN3O3. The molecule has 7 heteroatoms. The smallest absolute Gasteiger partial charge is 0.411 e. The number of nitrogens with one attached hydrogen (secondary N) is 2. The molecule has 0 unspecified atom stereocenters. The van der Waals surface area contributed by atoms with Gasteiger partial charge in [0, 0.05) is 5.69 Å². The molecule has 0 bridgehead atoms. The highest BCUT2D eigenvalue weighted by atomic mass is 35.5. The van der Waals surface area contributed by atoms with E-state index in [0.29, 0.717) is 5.69 Å². The lowest BCUT2D eigenvalue weighted by molar-refractivity contribution is -0.117. The number of benzene rings is 2. The van der Waals surface area contributed by atoms with Crippen LogP contribution in [-0.2, 0) is 22.4 Å². The van der Waals surface area contributed by atoms with Gasteiger partial charge in [-0.05, 0) is 62.6 Å². The maximum absolute atomic E-state index is 13.1. The Labute approximate surface area is 178 Å². The van der Waals surface area contributed by atoms with Crippen molar-refractivity contribution in [3.8, 4) is 0 Å². The number of aryl methyl sites for hydroxylation is 2. The maximum atomic E-state index is 13.1. The predicted octanol–water partition coefficient (Wildman–Crippen LogP) is 4.44. The molecule has 6 nitrogen and oxygen atoms in total. The lowest BCUT2D eigenvalue weighted by Gasteiger charge is -2.26. The first-order valence-corrected chi connectivity index (χ1v) is 9.71. The zero-order chi connectivity index (χ0) is 20.1. The number of rotatable bonds is 5. The summed E-state index contributed by atoms with van der Waals surface area (Å²) in [5.74, 6) is -0.0284. The van der Waals surface area contributed by atoms with Gasteiger partial charge in [0.05, 0.1) is 24.0 Å². The predicted molar refractivity (Wildman–Crippen MR) is 118 cm³/mol. The van der Waals surface area contributed by atoms with Crippen LogP contribution in [0.25, 0.3) is 0 Å². The van der Waals surface area contributed by atoms with E-state index in [-0.39, 0.29) is 31.0 Å². The van der Waals surface area contributed by atoms with E-state index in [0.717, 1.165) is 41.9 Å². The highest BCUT2D eigenvalue weighted by Gasteiger charge is 2.26. The SMILES string of the molecule is CCNCC(=O)N1c2ccccc2CCc2ccc(NC(=O)OC(C)C)cc21.Cl. The van der Waals surface area contributed by atoms with E-state index in [9.17, 15) is 9.59 Å². The number of hydrogen-bond donors (Lipinski definition) is 2. The number of ether oxygens (including phenoxy) is 1. The van der Waals surface area contributed by atoms with Crippen molar-refractivity contribution in [1.29, 1.82) is 0 Å². The quantitative estimate of drug-likeness (QED) is 0.754. The molecule has 1 aliphatic rings. The van der Waals surface area contributed by atoms with Gasteiger partial charge in [-0.3, -0.25) is 15.0 Å². The number of carbonyl (C=O) groups is 2. The first-order valence-electron chi connectivity index (χ1n) is 9.71. The minimum absolute atomic E-state index is 0. The third kappa shape index (κ3) is 5.49. The topological polar surface area (TPSA) is 70.7 Å². The monoisotopic (exact) mass is 417 g/mol.